The molecule has 1 atom stereocenters. The van der Waals surface area contributed by atoms with E-state index in [0.29, 0.717) is 23.9 Å². The molecule has 1 unspecified atom stereocenters. The summed E-state index contributed by atoms with van der Waals surface area (Å²) in [6, 6.07) is 9.72. The number of ether oxygens (including phenoxy) is 1. The molecule has 0 saturated carbocycles. The smallest absolute Gasteiger partial charge is 0.293 e. The number of hydrogen-bond donors (Lipinski definition) is 1. The van der Waals surface area contributed by atoms with Crippen LogP contribution >= 0.6 is 0 Å². The standard InChI is InChI=1S/C21H20N4O3/c1-13-19-16(26-15-7-9-23-12-15)5-2-6-17(19)27-20(13)21-24-18(25-28-21)10-14-4-3-8-22-11-14/h2-6,8,11,15,23H,7,9-10,12H2,1H3. The molecule has 28 heavy (non-hydrogen) atoms. The third-order valence-corrected chi connectivity index (χ3v) is 4.97. The van der Waals surface area contributed by atoms with Gasteiger partial charge >= 0.3 is 0 Å². The van der Waals surface area contributed by atoms with Crippen molar-refractivity contribution in [1.82, 2.24) is 20.4 Å². The number of benzene rings is 1. The molecular formula is C21H20N4O3. The van der Waals surface area contributed by atoms with Crippen LogP contribution in [0.4, 0.5) is 0 Å². The third-order valence-electron chi connectivity index (χ3n) is 4.97. The van der Waals surface area contributed by atoms with E-state index in [1.54, 1.807) is 12.4 Å². The largest absolute Gasteiger partial charge is 0.488 e. The van der Waals surface area contributed by atoms with Gasteiger partial charge in [0.15, 0.2) is 11.6 Å². The average molecular weight is 376 g/mol. The number of aromatic nitrogens is 3. The molecule has 1 fully saturated rings. The van der Waals surface area contributed by atoms with E-state index in [2.05, 4.69) is 20.4 Å². The van der Waals surface area contributed by atoms with Crippen molar-refractivity contribution in [2.45, 2.75) is 25.9 Å². The van der Waals surface area contributed by atoms with Crippen molar-refractivity contribution >= 4 is 11.0 Å². The Morgan fingerprint density at radius 1 is 1.25 bits per heavy atom. The van der Waals surface area contributed by atoms with Gasteiger partial charge in [-0.3, -0.25) is 4.98 Å². The second-order valence-electron chi connectivity index (χ2n) is 6.97. The van der Waals surface area contributed by atoms with Gasteiger partial charge < -0.3 is 19.0 Å². The molecule has 0 radical (unpaired) electrons. The molecule has 0 aliphatic carbocycles. The van der Waals surface area contributed by atoms with Gasteiger partial charge in [-0.15, -0.1) is 0 Å². The van der Waals surface area contributed by atoms with E-state index in [0.717, 1.165) is 47.4 Å². The second kappa shape index (κ2) is 7.09. The minimum Gasteiger partial charge on any atom is -0.488 e. The van der Waals surface area contributed by atoms with Gasteiger partial charge in [0.05, 0.1) is 5.39 Å². The summed E-state index contributed by atoms with van der Waals surface area (Å²) in [5, 5.41) is 8.37. The molecule has 5 rings (SSSR count). The van der Waals surface area contributed by atoms with Crippen molar-refractivity contribution in [3.63, 3.8) is 0 Å². The summed E-state index contributed by atoms with van der Waals surface area (Å²) in [4.78, 5) is 8.63. The first kappa shape index (κ1) is 16.9. The van der Waals surface area contributed by atoms with Crippen molar-refractivity contribution in [1.29, 1.82) is 0 Å². The van der Waals surface area contributed by atoms with Gasteiger partial charge in [0.1, 0.15) is 17.4 Å². The van der Waals surface area contributed by atoms with E-state index >= 15 is 0 Å². The third kappa shape index (κ3) is 3.14. The summed E-state index contributed by atoms with van der Waals surface area (Å²) < 4.78 is 17.7. The van der Waals surface area contributed by atoms with Gasteiger partial charge in [0.25, 0.3) is 5.89 Å². The lowest BCUT2D eigenvalue weighted by atomic mass is 10.1. The molecular weight excluding hydrogens is 356 g/mol. The highest BCUT2D eigenvalue weighted by atomic mass is 16.5. The fraction of sp³-hybridized carbons (Fsp3) is 0.286. The van der Waals surface area contributed by atoms with Crippen molar-refractivity contribution < 1.29 is 13.7 Å². The number of furan rings is 1. The number of fused-ring (bicyclic) bond motifs is 1. The Bertz CT molecular complexity index is 1100. The number of pyridine rings is 1. The quantitative estimate of drug-likeness (QED) is 0.570. The summed E-state index contributed by atoms with van der Waals surface area (Å²) in [5.41, 5.74) is 2.72. The number of aryl methyl sites for hydroxylation is 1. The van der Waals surface area contributed by atoms with Gasteiger partial charge in [-0.2, -0.15) is 4.98 Å². The zero-order chi connectivity index (χ0) is 18.9. The molecule has 7 heteroatoms. The molecule has 0 bridgehead atoms. The molecule has 4 heterocycles. The highest BCUT2D eigenvalue weighted by Gasteiger charge is 2.23. The number of rotatable bonds is 5. The summed E-state index contributed by atoms with van der Waals surface area (Å²) in [7, 11) is 0. The summed E-state index contributed by atoms with van der Waals surface area (Å²) in [5.74, 6) is 2.38. The number of nitrogens with one attached hydrogen (secondary N) is 1. The molecule has 1 N–H and O–H groups in total. The molecule has 1 aliphatic heterocycles. The Labute approximate surface area is 161 Å². The monoisotopic (exact) mass is 376 g/mol. The van der Waals surface area contributed by atoms with Gasteiger partial charge in [-0.25, -0.2) is 0 Å². The van der Waals surface area contributed by atoms with Crippen LogP contribution in [-0.2, 0) is 6.42 Å². The van der Waals surface area contributed by atoms with Crippen molar-refractivity contribution in [3.05, 3.63) is 59.7 Å². The van der Waals surface area contributed by atoms with Crippen molar-refractivity contribution in [3.8, 4) is 17.4 Å². The molecule has 4 aromatic rings. The fourth-order valence-electron chi connectivity index (χ4n) is 3.58. The zero-order valence-corrected chi connectivity index (χ0v) is 15.5. The maximum Gasteiger partial charge on any atom is 0.293 e. The first-order valence-corrected chi connectivity index (χ1v) is 9.39. The highest BCUT2D eigenvalue weighted by Crippen LogP contribution is 2.38. The fourth-order valence-corrected chi connectivity index (χ4v) is 3.58. The summed E-state index contributed by atoms with van der Waals surface area (Å²) in [6.07, 6.45) is 5.27. The van der Waals surface area contributed by atoms with Gasteiger partial charge in [0.2, 0.25) is 0 Å². The van der Waals surface area contributed by atoms with E-state index in [1.807, 2.05) is 37.3 Å². The Morgan fingerprint density at radius 2 is 2.21 bits per heavy atom. The van der Waals surface area contributed by atoms with Crippen LogP contribution in [0.3, 0.4) is 0 Å². The topological polar surface area (TPSA) is 86.2 Å². The number of nitrogens with zero attached hydrogens (tertiary/aromatic N) is 3. The van der Waals surface area contributed by atoms with Gasteiger partial charge in [-0.05, 0) is 43.7 Å². The normalized spacial score (nSPS) is 16.7. The van der Waals surface area contributed by atoms with E-state index in [4.69, 9.17) is 13.7 Å². The molecule has 142 valence electrons. The van der Waals surface area contributed by atoms with Crippen LogP contribution in [0.25, 0.3) is 22.6 Å². The molecule has 0 amide bonds. The maximum atomic E-state index is 6.21. The molecule has 1 aromatic carbocycles. The van der Waals surface area contributed by atoms with Crippen molar-refractivity contribution in [2.75, 3.05) is 13.1 Å². The van der Waals surface area contributed by atoms with Crippen LogP contribution in [0.15, 0.2) is 51.7 Å². The number of hydrogen-bond acceptors (Lipinski definition) is 7. The lowest BCUT2D eigenvalue weighted by molar-refractivity contribution is 0.226. The lowest BCUT2D eigenvalue weighted by Gasteiger charge is -2.13. The Kier molecular flexibility index (Phi) is 4.29. The van der Waals surface area contributed by atoms with Gasteiger partial charge in [0, 0.05) is 30.9 Å². The molecule has 1 saturated heterocycles. The minimum absolute atomic E-state index is 0.179. The SMILES string of the molecule is Cc1c(-c2nc(Cc3cccnc3)no2)oc2cccc(OC3CCNC3)c12. The first-order chi connectivity index (χ1) is 13.8. The Hall–Kier alpha value is -3.19. The molecule has 7 nitrogen and oxygen atoms in total. The molecule has 1 aliphatic rings. The Balaban J connectivity index is 1.47. The maximum absolute atomic E-state index is 6.21. The van der Waals surface area contributed by atoms with E-state index in [1.165, 1.54) is 0 Å². The zero-order valence-electron chi connectivity index (χ0n) is 15.5. The van der Waals surface area contributed by atoms with Crippen LogP contribution in [0, 0.1) is 6.92 Å². The minimum atomic E-state index is 0.179. The lowest BCUT2D eigenvalue weighted by Crippen LogP contribution is -2.19. The summed E-state index contributed by atoms with van der Waals surface area (Å²) >= 11 is 0. The van der Waals surface area contributed by atoms with Crippen LogP contribution in [0.1, 0.15) is 23.4 Å². The molecule has 3 aromatic heterocycles. The van der Waals surface area contributed by atoms with Crippen LogP contribution in [-0.4, -0.2) is 34.3 Å². The van der Waals surface area contributed by atoms with E-state index in [9.17, 15) is 0 Å². The predicted molar refractivity (Wildman–Crippen MR) is 103 cm³/mol. The van der Waals surface area contributed by atoms with E-state index < -0.39 is 0 Å². The Morgan fingerprint density at radius 3 is 3.04 bits per heavy atom. The average Bonchev–Trinajstić information content (AvgIpc) is 3.44. The second-order valence-corrected chi connectivity index (χ2v) is 6.97. The van der Waals surface area contributed by atoms with Gasteiger partial charge in [-0.1, -0.05) is 17.3 Å². The first-order valence-electron chi connectivity index (χ1n) is 9.39. The van der Waals surface area contributed by atoms with E-state index in [-0.39, 0.29) is 6.10 Å². The predicted octanol–water partition coefficient (Wildman–Crippen LogP) is 3.52. The summed E-state index contributed by atoms with van der Waals surface area (Å²) in [6.45, 7) is 3.84. The van der Waals surface area contributed by atoms with Crippen molar-refractivity contribution in [2.24, 2.45) is 0 Å². The van der Waals surface area contributed by atoms with Crippen LogP contribution in [0.5, 0.6) is 5.75 Å². The van der Waals surface area contributed by atoms with Crippen LogP contribution < -0.4 is 10.1 Å². The highest BCUT2D eigenvalue weighted by molar-refractivity contribution is 5.91. The molecule has 0 spiro atoms. The van der Waals surface area contributed by atoms with Crippen LogP contribution in [0.2, 0.25) is 0 Å².